The summed E-state index contributed by atoms with van der Waals surface area (Å²) < 4.78 is 0. The molecule has 13 heavy (non-hydrogen) atoms. The molecule has 1 aliphatic heterocycles. The molecule has 1 aromatic heterocycles. The van der Waals surface area contributed by atoms with Gasteiger partial charge in [-0.1, -0.05) is 0 Å². The van der Waals surface area contributed by atoms with Crippen molar-refractivity contribution in [1.29, 1.82) is 0 Å². The second-order valence-electron chi connectivity index (χ2n) is 3.63. The van der Waals surface area contributed by atoms with Crippen molar-refractivity contribution in [3.8, 4) is 0 Å². The third kappa shape index (κ3) is 2.30. The van der Waals surface area contributed by atoms with Gasteiger partial charge in [0.05, 0.1) is 0 Å². The zero-order valence-electron chi connectivity index (χ0n) is 7.92. The number of hydrogen-bond donors (Lipinski definition) is 2. The van der Waals surface area contributed by atoms with Crippen LogP contribution in [0.25, 0.3) is 0 Å². The second-order valence-corrected chi connectivity index (χ2v) is 4.41. The van der Waals surface area contributed by atoms with E-state index >= 15 is 0 Å². The predicted molar refractivity (Wildman–Crippen MR) is 57.1 cm³/mol. The van der Waals surface area contributed by atoms with Gasteiger partial charge < -0.3 is 10.6 Å². The number of hydrogen-bond acceptors (Lipinski definition) is 3. The summed E-state index contributed by atoms with van der Waals surface area (Å²) in [4.78, 5) is 0. The minimum atomic E-state index is 0.496. The van der Waals surface area contributed by atoms with Gasteiger partial charge in [-0.3, -0.25) is 0 Å². The second kappa shape index (κ2) is 4.22. The first-order chi connectivity index (χ1) is 6.36. The van der Waals surface area contributed by atoms with Gasteiger partial charge in [-0.05, 0) is 42.3 Å². The molecular weight excluding hydrogens is 180 g/mol. The summed E-state index contributed by atoms with van der Waals surface area (Å²) in [5.41, 5.74) is 1.41. The van der Waals surface area contributed by atoms with Crippen LogP contribution in [-0.2, 0) is 0 Å². The SMILES string of the molecule is CC(NC1CCNC1)c1ccsc1. The Hall–Kier alpha value is -0.380. The molecule has 1 fully saturated rings. The molecule has 2 rings (SSSR count). The maximum absolute atomic E-state index is 3.63. The zero-order valence-corrected chi connectivity index (χ0v) is 8.73. The van der Waals surface area contributed by atoms with Crippen LogP contribution in [0, 0.1) is 0 Å². The molecule has 2 heterocycles. The minimum absolute atomic E-state index is 0.496. The Balaban J connectivity index is 1.87. The predicted octanol–water partition coefficient (Wildman–Crippen LogP) is 1.76. The van der Waals surface area contributed by atoms with Gasteiger partial charge in [0, 0.05) is 18.6 Å². The van der Waals surface area contributed by atoms with Crippen molar-refractivity contribution in [2.45, 2.75) is 25.4 Å². The number of nitrogens with one attached hydrogen (secondary N) is 2. The van der Waals surface area contributed by atoms with E-state index < -0.39 is 0 Å². The summed E-state index contributed by atoms with van der Waals surface area (Å²) in [5.74, 6) is 0. The molecule has 3 heteroatoms. The maximum Gasteiger partial charge on any atom is 0.0303 e. The molecule has 0 saturated carbocycles. The Labute approximate surface area is 83.4 Å². The van der Waals surface area contributed by atoms with Crippen molar-refractivity contribution in [3.63, 3.8) is 0 Å². The highest BCUT2D eigenvalue weighted by molar-refractivity contribution is 7.07. The van der Waals surface area contributed by atoms with E-state index in [1.165, 1.54) is 12.0 Å². The van der Waals surface area contributed by atoms with E-state index in [1.54, 1.807) is 11.3 Å². The van der Waals surface area contributed by atoms with E-state index in [-0.39, 0.29) is 0 Å². The standard InChI is InChI=1S/C10H16N2S/c1-8(9-3-5-13-7-9)12-10-2-4-11-6-10/h3,5,7-8,10-12H,2,4,6H2,1H3. The van der Waals surface area contributed by atoms with Crippen LogP contribution in [0.1, 0.15) is 24.9 Å². The van der Waals surface area contributed by atoms with Gasteiger partial charge >= 0.3 is 0 Å². The van der Waals surface area contributed by atoms with Gasteiger partial charge in [-0.15, -0.1) is 0 Å². The number of rotatable bonds is 3. The van der Waals surface area contributed by atoms with Crippen LogP contribution >= 0.6 is 11.3 Å². The summed E-state index contributed by atoms with van der Waals surface area (Å²) >= 11 is 1.77. The van der Waals surface area contributed by atoms with Crippen molar-refractivity contribution in [2.24, 2.45) is 0 Å². The molecule has 0 aromatic carbocycles. The summed E-state index contributed by atoms with van der Waals surface area (Å²) in [6.07, 6.45) is 1.26. The summed E-state index contributed by atoms with van der Waals surface area (Å²) in [5, 5.41) is 11.4. The van der Waals surface area contributed by atoms with E-state index in [1.807, 2.05) is 0 Å². The summed E-state index contributed by atoms with van der Waals surface area (Å²) in [7, 11) is 0. The lowest BCUT2D eigenvalue weighted by Crippen LogP contribution is -2.32. The van der Waals surface area contributed by atoms with E-state index in [0.717, 1.165) is 13.1 Å². The Kier molecular flexibility index (Phi) is 2.98. The van der Waals surface area contributed by atoms with Gasteiger partial charge in [-0.2, -0.15) is 11.3 Å². The summed E-state index contributed by atoms with van der Waals surface area (Å²) in [6.45, 7) is 4.52. The quantitative estimate of drug-likeness (QED) is 0.770. The smallest absolute Gasteiger partial charge is 0.0303 e. The van der Waals surface area contributed by atoms with E-state index in [2.05, 4.69) is 34.4 Å². The monoisotopic (exact) mass is 196 g/mol. The zero-order chi connectivity index (χ0) is 9.10. The molecule has 2 nitrogen and oxygen atoms in total. The van der Waals surface area contributed by atoms with Crippen LogP contribution < -0.4 is 10.6 Å². The molecule has 0 radical (unpaired) electrons. The van der Waals surface area contributed by atoms with Gasteiger partial charge in [0.2, 0.25) is 0 Å². The molecule has 0 spiro atoms. The topological polar surface area (TPSA) is 24.1 Å². The first-order valence-corrected chi connectivity index (χ1v) is 5.79. The lowest BCUT2D eigenvalue weighted by atomic mass is 10.1. The fourth-order valence-electron chi connectivity index (χ4n) is 1.77. The van der Waals surface area contributed by atoms with Crippen molar-refractivity contribution in [3.05, 3.63) is 22.4 Å². The third-order valence-electron chi connectivity index (χ3n) is 2.59. The van der Waals surface area contributed by atoms with Crippen LogP contribution in [0.5, 0.6) is 0 Å². The maximum atomic E-state index is 3.63. The van der Waals surface area contributed by atoms with Crippen LogP contribution in [0.3, 0.4) is 0 Å². The van der Waals surface area contributed by atoms with Gasteiger partial charge in [0.25, 0.3) is 0 Å². The summed E-state index contributed by atoms with van der Waals surface area (Å²) in [6, 6.07) is 3.36. The lowest BCUT2D eigenvalue weighted by Gasteiger charge is -2.17. The molecule has 72 valence electrons. The molecule has 1 aromatic rings. The average molecular weight is 196 g/mol. The van der Waals surface area contributed by atoms with Gasteiger partial charge in [0.15, 0.2) is 0 Å². The van der Waals surface area contributed by atoms with Crippen molar-refractivity contribution < 1.29 is 0 Å². The van der Waals surface area contributed by atoms with Gasteiger partial charge in [0.1, 0.15) is 0 Å². The Morgan fingerprint density at radius 1 is 1.69 bits per heavy atom. The van der Waals surface area contributed by atoms with Crippen molar-refractivity contribution in [2.75, 3.05) is 13.1 Å². The molecule has 2 unspecified atom stereocenters. The Bertz CT molecular complexity index is 239. The normalized spacial score (nSPS) is 24.8. The molecule has 2 N–H and O–H groups in total. The van der Waals surface area contributed by atoms with E-state index in [0.29, 0.717) is 12.1 Å². The van der Waals surface area contributed by atoms with Crippen LogP contribution in [0.2, 0.25) is 0 Å². The number of thiophene rings is 1. The largest absolute Gasteiger partial charge is 0.315 e. The highest BCUT2D eigenvalue weighted by Crippen LogP contribution is 2.16. The lowest BCUT2D eigenvalue weighted by molar-refractivity contribution is 0.479. The fourth-order valence-corrected chi connectivity index (χ4v) is 2.52. The van der Waals surface area contributed by atoms with E-state index in [9.17, 15) is 0 Å². The van der Waals surface area contributed by atoms with Gasteiger partial charge in [-0.25, -0.2) is 0 Å². The first kappa shape index (κ1) is 9.19. The highest BCUT2D eigenvalue weighted by atomic mass is 32.1. The van der Waals surface area contributed by atoms with Crippen LogP contribution in [0.4, 0.5) is 0 Å². The van der Waals surface area contributed by atoms with Crippen LogP contribution in [-0.4, -0.2) is 19.1 Å². The van der Waals surface area contributed by atoms with E-state index in [4.69, 9.17) is 0 Å². The molecule has 1 saturated heterocycles. The molecular formula is C10H16N2S. The highest BCUT2D eigenvalue weighted by Gasteiger charge is 2.16. The minimum Gasteiger partial charge on any atom is -0.315 e. The molecule has 0 aliphatic carbocycles. The molecule has 2 atom stereocenters. The van der Waals surface area contributed by atoms with Crippen molar-refractivity contribution >= 4 is 11.3 Å². The Morgan fingerprint density at radius 3 is 3.23 bits per heavy atom. The average Bonchev–Trinajstić information content (AvgIpc) is 2.74. The van der Waals surface area contributed by atoms with Crippen LogP contribution in [0.15, 0.2) is 16.8 Å². The first-order valence-electron chi connectivity index (χ1n) is 4.85. The third-order valence-corrected chi connectivity index (χ3v) is 3.29. The Morgan fingerprint density at radius 2 is 2.62 bits per heavy atom. The van der Waals surface area contributed by atoms with Crippen molar-refractivity contribution in [1.82, 2.24) is 10.6 Å². The molecule has 0 amide bonds. The molecule has 1 aliphatic rings. The fraction of sp³-hybridized carbons (Fsp3) is 0.600. The molecule has 0 bridgehead atoms.